The number of allylic oxidation sites excluding steroid dienone is 6. The van der Waals surface area contributed by atoms with Crippen molar-refractivity contribution in [2.75, 3.05) is 0 Å². The molecule has 2 nitrogen and oxygen atoms in total. The summed E-state index contributed by atoms with van der Waals surface area (Å²) in [6.45, 7) is 12.2. The molecule has 2 aromatic heterocycles. The van der Waals surface area contributed by atoms with Crippen LogP contribution in [0, 0.1) is 0 Å². The van der Waals surface area contributed by atoms with Crippen molar-refractivity contribution in [3.63, 3.8) is 0 Å². The lowest BCUT2D eigenvalue weighted by atomic mass is 10.00. The molecule has 0 unspecified atom stereocenters. The summed E-state index contributed by atoms with van der Waals surface area (Å²) in [5.41, 5.74) is 10.4. The van der Waals surface area contributed by atoms with Crippen LogP contribution in [0.3, 0.4) is 0 Å². The second-order valence-electron chi connectivity index (χ2n) is 9.82. The summed E-state index contributed by atoms with van der Waals surface area (Å²) in [5, 5.41) is 3.68. The molecule has 0 aliphatic heterocycles. The maximum Gasteiger partial charge on any atom is 0.0541 e. The second-order valence-corrected chi connectivity index (χ2v) is 9.82. The lowest BCUT2D eigenvalue weighted by molar-refractivity contribution is 1.11. The molecule has 0 saturated carbocycles. The van der Waals surface area contributed by atoms with E-state index >= 15 is 0 Å². The van der Waals surface area contributed by atoms with E-state index in [0.29, 0.717) is 0 Å². The summed E-state index contributed by atoms with van der Waals surface area (Å²) in [5.74, 6) is 0. The van der Waals surface area contributed by atoms with Gasteiger partial charge in [0, 0.05) is 33.1 Å². The van der Waals surface area contributed by atoms with E-state index in [-0.39, 0.29) is 0 Å². The average Bonchev–Trinajstić information content (AvgIpc) is 3.49. The van der Waals surface area contributed by atoms with Gasteiger partial charge in [-0.1, -0.05) is 86.0 Å². The monoisotopic (exact) mass is 516 g/mol. The largest absolute Gasteiger partial charge is 0.309 e. The van der Waals surface area contributed by atoms with Crippen molar-refractivity contribution in [3.8, 4) is 16.8 Å². The quantitative estimate of drug-likeness (QED) is 0.187. The first-order valence-electron chi connectivity index (χ1n) is 13.7. The molecule has 0 saturated heterocycles. The van der Waals surface area contributed by atoms with Crippen LogP contribution in [0.25, 0.3) is 67.4 Å². The minimum Gasteiger partial charge on any atom is -0.309 e. The van der Waals surface area contributed by atoms with Crippen molar-refractivity contribution in [2.45, 2.75) is 13.8 Å². The fraction of sp³-hybridized carbons (Fsp3) is 0.0526. The normalized spacial score (nSPS) is 12.4. The Morgan fingerprint density at radius 1 is 0.675 bits per heavy atom. The molecule has 40 heavy (non-hydrogen) atoms. The highest BCUT2D eigenvalue weighted by molar-refractivity contribution is 6.12. The van der Waals surface area contributed by atoms with Gasteiger partial charge < -0.3 is 9.13 Å². The van der Waals surface area contributed by atoms with E-state index in [1.165, 1.54) is 49.4 Å². The predicted molar refractivity (Wildman–Crippen MR) is 176 cm³/mol. The van der Waals surface area contributed by atoms with Crippen molar-refractivity contribution in [1.29, 1.82) is 0 Å². The number of rotatable bonds is 7. The van der Waals surface area contributed by atoms with Gasteiger partial charge in [0.25, 0.3) is 0 Å². The molecule has 194 valence electrons. The number of benzene rings is 4. The van der Waals surface area contributed by atoms with E-state index in [1.807, 2.05) is 19.1 Å². The van der Waals surface area contributed by atoms with Crippen molar-refractivity contribution >= 4 is 50.6 Å². The second kappa shape index (κ2) is 10.6. The van der Waals surface area contributed by atoms with Gasteiger partial charge in [-0.05, 0) is 85.7 Å². The van der Waals surface area contributed by atoms with Gasteiger partial charge in [-0.2, -0.15) is 0 Å². The molecule has 0 aliphatic carbocycles. The zero-order valence-electron chi connectivity index (χ0n) is 23.0. The number of fused-ring (bicyclic) bond motifs is 4. The molecule has 0 spiro atoms. The Morgan fingerprint density at radius 2 is 1.35 bits per heavy atom. The molecule has 0 amide bonds. The van der Waals surface area contributed by atoms with Crippen molar-refractivity contribution in [3.05, 3.63) is 146 Å². The molecule has 2 heterocycles. The van der Waals surface area contributed by atoms with Crippen LogP contribution < -0.4 is 0 Å². The molecule has 0 bridgehead atoms. The predicted octanol–water partition coefficient (Wildman–Crippen LogP) is 10.7. The first-order chi connectivity index (χ1) is 19.7. The highest BCUT2D eigenvalue weighted by atomic mass is 15.0. The van der Waals surface area contributed by atoms with Gasteiger partial charge in [-0.15, -0.1) is 0 Å². The fourth-order valence-corrected chi connectivity index (χ4v) is 5.84. The van der Waals surface area contributed by atoms with Crippen LogP contribution in [-0.2, 0) is 0 Å². The third-order valence-corrected chi connectivity index (χ3v) is 7.48. The number of nitrogens with zero attached hydrogens (tertiary/aromatic N) is 2. The van der Waals surface area contributed by atoms with Crippen molar-refractivity contribution in [2.24, 2.45) is 0 Å². The van der Waals surface area contributed by atoms with Gasteiger partial charge in [-0.25, -0.2) is 0 Å². The van der Waals surface area contributed by atoms with Crippen LogP contribution in [0.4, 0.5) is 0 Å². The van der Waals surface area contributed by atoms with E-state index in [1.54, 1.807) is 0 Å². The molecule has 2 heteroatoms. The Morgan fingerprint density at radius 3 is 2.05 bits per heavy atom. The molecule has 6 rings (SSSR count). The van der Waals surface area contributed by atoms with Gasteiger partial charge in [0.05, 0.1) is 22.2 Å². The van der Waals surface area contributed by atoms with Gasteiger partial charge in [0.2, 0.25) is 0 Å². The molecule has 0 radical (unpaired) electrons. The first-order valence-corrected chi connectivity index (χ1v) is 13.7. The van der Waals surface area contributed by atoms with Crippen LogP contribution in [0.15, 0.2) is 135 Å². The van der Waals surface area contributed by atoms with Crippen LogP contribution in [0.5, 0.6) is 0 Å². The lowest BCUT2D eigenvalue weighted by Gasteiger charge is -2.10. The molecule has 0 N–H and O–H groups in total. The lowest BCUT2D eigenvalue weighted by Crippen LogP contribution is -1.96. The summed E-state index contributed by atoms with van der Waals surface area (Å²) in [6.07, 6.45) is 14.4. The van der Waals surface area contributed by atoms with Gasteiger partial charge in [0.15, 0.2) is 0 Å². The van der Waals surface area contributed by atoms with Crippen molar-refractivity contribution < 1.29 is 0 Å². The zero-order valence-corrected chi connectivity index (χ0v) is 23.0. The van der Waals surface area contributed by atoms with Crippen LogP contribution in [0.2, 0.25) is 0 Å². The van der Waals surface area contributed by atoms with Crippen LogP contribution in [-0.4, -0.2) is 9.13 Å². The smallest absolute Gasteiger partial charge is 0.0541 e. The van der Waals surface area contributed by atoms with Crippen molar-refractivity contribution in [1.82, 2.24) is 9.13 Å². The highest BCUT2D eigenvalue weighted by Gasteiger charge is 2.17. The van der Waals surface area contributed by atoms with Gasteiger partial charge >= 0.3 is 0 Å². The zero-order chi connectivity index (χ0) is 27.6. The third kappa shape index (κ3) is 4.06. The molecule has 4 aromatic carbocycles. The standard InChI is InChI=1S/C38H32N2/c1-5-14-29(15-6-2)40-36-20-13-12-19-32(36)34-26-28(22-24-38(34)40)27-21-23-37-33(25-27)31(16-7-3)35(8-4)39(37)30-17-10-9-11-18-30/h5-26H,1,4H2,2-3H3/b15-6-,16-7-,29-14+. The Bertz CT molecular complexity index is 1990. The molecular formula is C38H32N2. The third-order valence-electron chi connectivity index (χ3n) is 7.48. The van der Waals surface area contributed by atoms with Crippen LogP contribution in [0.1, 0.15) is 25.1 Å². The summed E-state index contributed by atoms with van der Waals surface area (Å²) in [6, 6.07) is 32.7. The first kappa shape index (κ1) is 25.2. The maximum absolute atomic E-state index is 4.17. The van der Waals surface area contributed by atoms with E-state index in [2.05, 4.69) is 151 Å². The Balaban J connectivity index is 1.60. The number of hydrogen-bond acceptors (Lipinski definition) is 0. The molecular weight excluding hydrogens is 484 g/mol. The molecule has 6 aromatic rings. The Kier molecular flexibility index (Phi) is 6.67. The maximum atomic E-state index is 4.17. The summed E-state index contributed by atoms with van der Waals surface area (Å²) >= 11 is 0. The fourth-order valence-electron chi connectivity index (χ4n) is 5.84. The van der Waals surface area contributed by atoms with Crippen LogP contribution >= 0.6 is 0 Å². The topological polar surface area (TPSA) is 9.86 Å². The highest BCUT2D eigenvalue weighted by Crippen LogP contribution is 2.38. The summed E-state index contributed by atoms with van der Waals surface area (Å²) in [7, 11) is 0. The van der Waals surface area contributed by atoms with Gasteiger partial charge in [-0.3, -0.25) is 0 Å². The summed E-state index contributed by atoms with van der Waals surface area (Å²) in [4.78, 5) is 0. The molecule has 0 aliphatic rings. The van der Waals surface area contributed by atoms with Gasteiger partial charge in [0.1, 0.15) is 0 Å². The SMILES string of the molecule is C=C/C=C(\C=C/C)n1c2ccccc2c2cc(-c3ccc4c(c3)c(/C=C\C)c(C=C)n4-c3ccccc3)ccc21. The number of aromatic nitrogens is 2. The van der Waals surface area contributed by atoms with E-state index in [0.717, 1.165) is 17.1 Å². The summed E-state index contributed by atoms with van der Waals surface area (Å²) < 4.78 is 4.62. The molecule has 0 atom stereocenters. The number of hydrogen-bond donors (Lipinski definition) is 0. The van der Waals surface area contributed by atoms with E-state index in [4.69, 9.17) is 0 Å². The number of para-hydroxylation sites is 2. The van der Waals surface area contributed by atoms with E-state index < -0.39 is 0 Å². The Hall–Kier alpha value is -5.08. The minimum absolute atomic E-state index is 1.09. The average molecular weight is 517 g/mol. The van der Waals surface area contributed by atoms with E-state index in [9.17, 15) is 0 Å². The minimum atomic E-state index is 1.09. The Labute approximate surface area is 235 Å². The molecule has 0 fully saturated rings.